The molecule has 0 aliphatic heterocycles. The molecule has 0 aromatic carbocycles. The first-order valence-electron chi connectivity index (χ1n) is 5.78. The largest absolute Gasteiger partial charge is 0.339 e. The predicted molar refractivity (Wildman–Crippen MR) is 59.0 cm³/mol. The van der Waals surface area contributed by atoms with Gasteiger partial charge in [-0.25, -0.2) is 0 Å². The van der Waals surface area contributed by atoms with Crippen LogP contribution in [0, 0.1) is 0 Å². The lowest BCUT2D eigenvalue weighted by Gasteiger charge is -2.01. The zero-order valence-electron chi connectivity index (χ0n) is 9.08. The highest BCUT2D eigenvalue weighted by molar-refractivity contribution is 6.20. The van der Waals surface area contributed by atoms with Gasteiger partial charge in [0.05, 0.1) is 5.38 Å². The SMILES string of the molecule is CCCC(Cl)c1noc(C2CCCC2)n1. The maximum absolute atomic E-state index is 6.14. The van der Waals surface area contributed by atoms with Crippen LogP contribution >= 0.6 is 11.6 Å². The van der Waals surface area contributed by atoms with E-state index in [-0.39, 0.29) is 5.38 Å². The Hall–Kier alpha value is -0.570. The Morgan fingerprint density at radius 1 is 1.47 bits per heavy atom. The van der Waals surface area contributed by atoms with E-state index in [4.69, 9.17) is 16.1 Å². The molecular formula is C11H17ClN2O. The van der Waals surface area contributed by atoms with Crippen molar-refractivity contribution in [1.82, 2.24) is 10.1 Å². The minimum Gasteiger partial charge on any atom is -0.339 e. The van der Waals surface area contributed by atoms with Gasteiger partial charge < -0.3 is 4.52 Å². The first-order valence-corrected chi connectivity index (χ1v) is 6.22. The highest BCUT2D eigenvalue weighted by atomic mass is 35.5. The Morgan fingerprint density at radius 3 is 2.87 bits per heavy atom. The third-order valence-corrected chi connectivity index (χ3v) is 3.40. The van der Waals surface area contributed by atoms with Crippen LogP contribution < -0.4 is 0 Å². The topological polar surface area (TPSA) is 38.9 Å². The fourth-order valence-corrected chi connectivity index (χ4v) is 2.40. The molecule has 0 spiro atoms. The molecule has 84 valence electrons. The third kappa shape index (κ3) is 2.51. The lowest BCUT2D eigenvalue weighted by molar-refractivity contribution is 0.349. The molecule has 0 saturated heterocycles. The van der Waals surface area contributed by atoms with Crippen molar-refractivity contribution >= 4 is 11.6 Å². The quantitative estimate of drug-likeness (QED) is 0.736. The molecule has 0 amide bonds. The second kappa shape index (κ2) is 4.97. The smallest absolute Gasteiger partial charge is 0.229 e. The van der Waals surface area contributed by atoms with Gasteiger partial charge in [0.2, 0.25) is 5.89 Å². The monoisotopic (exact) mass is 228 g/mol. The number of rotatable bonds is 4. The van der Waals surface area contributed by atoms with Crippen LogP contribution in [0.2, 0.25) is 0 Å². The van der Waals surface area contributed by atoms with Crippen LogP contribution in [0.3, 0.4) is 0 Å². The van der Waals surface area contributed by atoms with Crippen molar-refractivity contribution in [2.75, 3.05) is 0 Å². The molecule has 1 aromatic heterocycles. The molecule has 1 fully saturated rings. The molecule has 0 N–H and O–H groups in total. The van der Waals surface area contributed by atoms with Crippen LogP contribution in [0.4, 0.5) is 0 Å². The van der Waals surface area contributed by atoms with Crippen molar-refractivity contribution in [2.24, 2.45) is 0 Å². The first kappa shape index (κ1) is 10.9. The van der Waals surface area contributed by atoms with Crippen LogP contribution in [0.15, 0.2) is 4.52 Å². The molecule has 1 saturated carbocycles. The van der Waals surface area contributed by atoms with Gasteiger partial charge >= 0.3 is 0 Å². The molecule has 15 heavy (non-hydrogen) atoms. The molecule has 2 rings (SSSR count). The van der Waals surface area contributed by atoms with Gasteiger partial charge in [-0.2, -0.15) is 4.98 Å². The summed E-state index contributed by atoms with van der Waals surface area (Å²) in [6.45, 7) is 2.10. The van der Waals surface area contributed by atoms with E-state index < -0.39 is 0 Å². The summed E-state index contributed by atoms with van der Waals surface area (Å²) in [4.78, 5) is 4.40. The number of alkyl halides is 1. The zero-order chi connectivity index (χ0) is 10.7. The van der Waals surface area contributed by atoms with Crippen molar-refractivity contribution in [1.29, 1.82) is 0 Å². The van der Waals surface area contributed by atoms with Crippen LogP contribution in [0.25, 0.3) is 0 Å². The zero-order valence-corrected chi connectivity index (χ0v) is 9.83. The third-order valence-electron chi connectivity index (χ3n) is 2.98. The Morgan fingerprint density at radius 2 is 2.20 bits per heavy atom. The van der Waals surface area contributed by atoms with Crippen molar-refractivity contribution in [3.05, 3.63) is 11.7 Å². The fraction of sp³-hybridized carbons (Fsp3) is 0.818. The van der Waals surface area contributed by atoms with Crippen molar-refractivity contribution in [2.45, 2.75) is 56.7 Å². The fourth-order valence-electron chi connectivity index (χ4n) is 2.10. The van der Waals surface area contributed by atoms with Crippen molar-refractivity contribution in [3.8, 4) is 0 Å². The molecule has 1 heterocycles. The molecular weight excluding hydrogens is 212 g/mol. The second-order valence-corrected chi connectivity index (χ2v) is 4.76. The number of nitrogens with zero attached hydrogens (tertiary/aromatic N) is 2. The molecule has 0 radical (unpaired) electrons. The molecule has 1 aliphatic carbocycles. The van der Waals surface area contributed by atoms with Crippen LogP contribution in [-0.2, 0) is 0 Å². The van der Waals surface area contributed by atoms with Gasteiger partial charge in [0, 0.05) is 5.92 Å². The highest BCUT2D eigenvalue weighted by Crippen LogP contribution is 2.34. The summed E-state index contributed by atoms with van der Waals surface area (Å²) >= 11 is 6.14. The number of hydrogen-bond acceptors (Lipinski definition) is 3. The van der Waals surface area contributed by atoms with E-state index in [2.05, 4.69) is 17.1 Å². The highest BCUT2D eigenvalue weighted by Gasteiger charge is 2.24. The van der Waals surface area contributed by atoms with E-state index in [1.807, 2.05) is 0 Å². The van der Waals surface area contributed by atoms with Gasteiger partial charge in [0.1, 0.15) is 0 Å². The van der Waals surface area contributed by atoms with Gasteiger partial charge in [0.25, 0.3) is 0 Å². The maximum atomic E-state index is 6.14. The van der Waals surface area contributed by atoms with Crippen LogP contribution in [0.1, 0.15) is 68.5 Å². The maximum Gasteiger partial charge on any atom is 0.229 e. The molecule has 1 unspecified atom stereocenters. The average molecular weight is 229 g/mol. The summed E-state index contributed by atoms with van der Waals surface area (Å²) in [6, 6.07) is 0. The summed E-state index contributed by atoms with van der Waals surface area (Å²) in [6.07, 6.45) is 6.88. The summed E-state index contributed by atoms with van der Waals surface area (Å²) in [5.41, 5.74) is 0. The number of aromatic nitrogens is 2. The van der Waals surface area contributed by atoms with Gasteiger partial charge in [-0.15, -0.1) is 11.6 Å². The lowest BCUT2D eigenvalue weighted by Crippen LogP contribution is -1.95. The summed E-state index contributed by atoms with van der Waals surface area (Å²) in [5.74, 6) is 1.95. The molecule has 1 atom stereocenters. The minimum absolute atomic E-state index is 0.0890. The second-order valence-electron chi connectivity index (χ2n) is 4.23. The minimum atomic E-state index is -0.0890. The molecule has 1 aromatic rings. The summed E-state index contributed by atoms with van der Waals surface area (Å²) in [5, 5.41) is 3.87. The van der Waals surface area contributed by atoms with Crippen molar-refractivity contribution < 1.29 is 4.52 Å². The Bertz CT molecular complexity index is 307. The van der Waals surface area contributed by atoms with E-state index in [1.54, 1.807) is 0 Å². The van der Waals surface area contributed by atoms with E-state index in [0.717, 1.165) is 18.7 Å². The molecule has 0 bridgehead atoms. The number of halogens is 1. The first-order chi connectivity index (χ1) is 7.31. The predicted octanol–water partition coefficient (Wildman–Crippen LogP) is 3.81. The normalized spacial score (nSPS) is 19.6. The van der Waals surface area contributed by atoms with Gasteiger partial charge in [-0.1, -0.05) is 31.3 Å². The Labute approximate surface area is 95.2 Å². The van der Waals surface area contributed by atoms with Crippen molar-refractivity contribution in [3.63, 3.8) is 0 Å². The Balaban J connectivity index is 2.02. The molecule has 4 heteroatoms. The lowest BCUT2D eigenvalue weighted by atomic mass is 10.1. The molecule has 3 nitrogen and oxygen atoms in total. The van der Waals surface area contributed by atoms with Gasteiger partial charge in [-0.3, -0.25) is 0 Å². The van der Waals surface area contributed by atoms with Crippen LogP contribution in [-0.4, -0.2) is 10.1 Å². The van der Waals surface area contributed by atoms with Crippen LogP contribution in [0.5, 0.6) is 0 Å². The standard InChI is InChI=1S/C11H17ClN2O/c1-2-5-9(12)10-13-11(15-14-10)8-6-3-4-7-8/h8-9H,2-7H2,1H3. The Kier molecular flexibility index (Phi) is 3.62. The van der Waals surface area contributed by atoms with E-state index in [9.17, 15) is 0 Å². The van der Waals surface area contributed by atoms with Gasteiger partial charge in [0.15, 0.2) is 5.82 Å². The van der Waals surface area contributed by atoms with E-state index in [1.165, 1.54) is 25.7 Å². The average Bonchev–Trinajstić information content (AvgIpc) is 2.89. The summed E-state index contributed by atoms with van der Waals surface area (Å²) in [7, 11) is 0. The summed E-state index contributed by atoms with van der Waals surface area (Å²) < 4.78 is 5.27. The van der Waals surface area contributed by atoms with Gasteiger partial charge in [-0.05, 0) is 19.3 Å². The number of hydrogen-bond donors (Lipinski definition) is 0. The van der Waals surface area contributed by atoms with E-state index >= 15 is 0 Å². The van der Waals surface area contributed by atoms with E-state index in [0.29, 0.717) is 11.7 Å². The molecule has 1 aliphatic rings.